The van der Waals surface area contributed by atoms with E-state index in [1.807, 2.05) is 6.92 Å². The average molecular weight is 295 g/mol. The van der Waals surface area contributed by atoms with Crippen LogP contribution in [0, 0.1) is 0 Å². The molecule has 0 fully saturated rings. The lowest BCUT2D eigenvalue weighted by atomic mass is 10.4. The number of nitrogens with one attached hydrogen (secondary N) is 2. The molecule has 2 heterocycles. The van der Waals surface area contributed by atoms with Gasteiger partial charge in [-0.1, -0.05) is 16.6 Å². The fourth-order valence-electron chi connectivity index (χ4n) is 1.60. The van der Waals surface area contributed by atoms with Gasteiger partial charge in [0.25, 0.3) is 5.91 Å². The number of thiazole rings is 1. The fourth-order valence-corrected chi connectivity index (χ4v) is 2.47. The van der Waals surface area contributed by atoms with Crippen molar-refractivity contribution in [2.45, 2.75) is 19.9 Å². The molecule has 20 heavy (non-hydrogen) atoms. The molecule has 0 spiro atoms. The summed E-state index contributed by atoms with van der Waals surface area (Å²) in [7, 11) is 0. The smallest absolute Gasteiger partial charge is 0.265 e. The standard InChI is InChI=1S/C11H17N7OS/c1-2-13-11-16-9(12)8(20-11)10(19)14-4-3-6-18-7-5-15-17-18/h5,7H,2-4,6,12H2,1H3,(H,13,16)(H,14,19). The number of carbonyl (C=O) groups is 1. The summed E-state index contributed by atoms with van der Waals surface area (Å²) in [5, 5.41) is 14.1. The van der Waals surface area contributed by atoms with Crippen LogP contribution in [0.4, 0.5) is 10.9 Å². The normalized spacial score (nSPS) is 10.4. The number of aryl methyl sites for hydroxylation is 1. The SMILES string of the molecule is CCNc1nc(N)c(C(=O)NCCCn2ccnn2)s1. The second-order valence-electron chi connectivity index (χ2n) is 4.04. The summed E-state index contributed by atoms with van der Waals surface area (Å²) in [5.41, 5.74) is 5.73. The number of anilines is 2. The van der Waals surface area contributed by atoms with E-state index in [2.05, 4.69) is 25.9 Å². The topological polar surface area (TPSA) is 111 Å². The quantitative estimate of drug-likeness (QED) is 0.644. The minimum Gasteiger partial charge on any atom is -0.382 e. The predicted molar refractivity (Wildman–Crippen MR) is 77.7 cm³/mol. The number of hydrogen-bond acceptors (Lipinski definition) is 7. The third-order valence-electron chi connectivity index (χ3n) is 2.51. The Bertz CT molecular complexity index is 551. The van der Waals surface area contributed by atoms with Gasteiger partial charge in [0.2, 0.25) is 0 Å². The first-order valence-electron chi connectivity index (χ1n) is 6.33. The van der Waals surface area contributed by atoms with Crippen molar-refractivity contribution in [3.05, 3.63) is 17.3 Å². The third-order valence-corrected chi connectivity index (χ3v) is 3.54. The maximum Gasteiger partial charge on any atom is 0.265 e. The molecule has 0 aliphatic carbocycles. The van der Waals surface area contributed by atoms with Gasteiger partial charge in [0.1, 0.15) is 10.7 Å². The Labute approximate surface area is 120 Å². The van der Waals surface area contributed by atoms with Crippen molar-refractivity contribution in [1.82, 2.24) is 25.3 Å². The summed E-state index contributed by atoms with van der Waals surface area (Å²) in [6.07, 6.45) is 4.18. The van der Waals surface area contributed by atoms with E-state index in [1.54, 1.807) is 17.1 Å². The van der Waals surface area contributed by atoms with Crippen LogP contribution < -0.4 is 16.4 Å². The first kappa shape index (κ1) is 14.3. The summed E-state index contributed by atoms with van der Waals surface area (Å²) in [4.78, 5) is 16.5. The van der Waals surface area contributed by atoms with Crippen molar-refractivity contribution in [1.29, 1.82) is 0 Å². The van der Waals surface area contributed by atoms with Crippen LogP contribution in [0.15, 0.2) is 12.4 Å². The van der Waals surface area contributed by atoms with Gasteiger partial charge in [0, 0.05) is 25.8 Å². The molecular formula is C11H17N7OS. The minimum atomic E-state index is -0.192. The second-order valence-corrected chi connectivity index (χ2v) is 5.04. The van der Waals surface area contributed by atoms with Gasteiger partial charge in [-0.05, 0) is 13.3 Å². The molecule has 0 saturated carbocycles. The lowest BCUT2D eigenvalue weighted by molar-refractivity contribution is 0.0957. The molecular weight excluding hydrogens is 278 g/mol. The van der Waals surface area contributed by atoms with Gasteiger partial charge in [0.15, 0.2) is 5.13 Å². The minimum absolute atomic E-state index is 0.192. The highest BCUT2D eigenvalue weighted by Crippen LogP contribution is 2.24. The molecule has 2 rings (SSSR count). The predicted octanol–water partition coefficient (Wildman–Crippen LogP) is 0.569. The molecule has 4 N–H and O–H groups in total. The van der Waals surface area contributed by atoms with Crippen molar-refractivity contribution in [3.63, 3.8) is 0 Å². The summed E-state index contributed by atoms with van der Waals surface area (Å²) in [6, 6.07) is 0. The van der Waals surface area contributed by atoms with Crippen molar-refractivity contribution < 1.29 is 4.79 Å². The number of rotatable bonds is 7. The van der Waals surface area contributed by atoms with E-state index in [4.69, 9.17) is 5.73 Å². The third kappa shape index (κ3) is 3.67. The highest BCUT2D eigenvalue weighted by Gasteiger charge is 2.15. The Morgan fingerprint density at radius 2 is 2.40 bits per heavy atom. The monoisotopic (exact) mass is 295 g/mol. The van der Waals surface area contributed by atoms with E-state index in [0.717, 1.165) is 13.0 Å². The van der Waals surface area contributed by atoms with Gasteiger partial charge in [0.05, 0.1) is 6.20 Å². The molecule has 1 amide bonds. The Hall–Kier alpha value is -2.16. The Morgan fingerprint density at radius 3 is 3.10 bits per heavy atom. The maximum absolute atomic E-state index is 12.0. The Balaban J connectivity index is 1.79. The van der Waals surface area contributed by atoms with Crippen LogP contribution in [0.25, 0.3) is 0 Å². The molecule has 9 heteroatoms. The number of hydrogen-bond donors (Lipinski definition) is 3. The van der Waals surface area contributed by atoms with Crippen molar-refractivity contribution in [2.75, 3.05) is 24.1 Å². The Kier molecular flexibility index (Phi) is 4.88. The molecule has 0 radical (unpaired) electrons. The summed E-state index contributed by atoms with van der Waals surface area (Å²) in [5.74, 6) is 0.0717. The van der Waals surface area contributed by atoms with Gasteiger partial charge in [-0.2, -0.15) is 0 Å². The number of nitrogens with zero attached hydrogens (tertiary/aromatic N) is 4. The average Bonchev–Trinajstić information content (AvgIpc) is 3.05. The Morgan fingerprint density at radius 1 is 1.55 bits per heavy atom. The van der Waals surface area contributed by atoms with E-state index in [1.165, 1.54) is 11.3 Å². The highest BCUT2D eigenvalue weighted by molar-refractivity contribution is 7.18. The highest BCUT2D eigenvalue weighted by atomic mass is 32.1. The van der Waals surface area contributed by atoms with Crippen LogP contribution in [-0.2, 0) is 6.54 Å². The van der Waals surface area contributed by atoms with Crippen LogP contribution in [-0.4, -0.2) is 39.0 Å². The summed E-state index contributed by atoms with van der Waals surface area (Å²) < 4.78 is 1.72. The van der Waals surface area contributed by atoms with Crippen LogP contribution in [0.3, 0.4) is 0 Å². The van der Waals surface area contributed by atoms with Crippen molar-refractivity contribution >= 4 is 28.2 Å². The molecule has 0 aromatic carbocycles. The van der Waals surface area contributed by atoms with Crippen LogP contribution in [0.2, 0.25) is 0 Å². The van der Waals surface area contributed by atoms with Crippen LogP contribution >= 0.6 is 11.3 Å². The summed E-state index contributed by atoms with van der Waals surface area (Å²) >= 11 is 1.26. The van der Waals surface area contributed by atoms with Crippen LogP contribution in [0.1, 0.15) is 23.0 Å². The van der Waals surface area contributed by atoms with Crippen molar-refractivity contribution in [3.8, 4) is 0 Å². The molecule has 0 saturated heterocycles. The van der Waals surface area contributed by atoms with E-state index in [-0.39, 0.29) is 11.7 Å². The molecule has 0 bridgehead atoms. The molecule has 0 aliphatic heterocycles. The summed E-state index contributed by atoms with van der Waals surface area (Å²) in [6.45, 7) is 3.96. The second kappa shape index (κ2) is 6.85. The van der Waals surface area contributed by atoms with Gasteiger partial charge in [-0.15, -0.1) is 5.10 Å². The lowest BCUT2D eigenvalue weighted by Crippen LogP contribution is -2.25. The zero-order valence-electron chi connectivity index (χ0n) is 11.2. The van der Waals surface area contributed by atoms with E-state index >= 15 is 0 Å². The maximum atomic E-state index is 12.0. The van der Waals surface area contributed by atoms with Gasteiger partial charge in [-0.25, -0.2) is 4.98 Å². The van der Waals surface area contributed by atoms with Gasteiger partial charge >= 0.3 is 0 Å². The molecule has 0 unspecified atom stereocenters. The lowest BCUT2D eigenvalue weighted by Gasteiger charge is -2.03. The van der Waals surface area contributed by atoms with Crippen molar-refractivity contribution in [2.24, 2.45) is 0 Å². The molecule has 0 aliphatic rings. The number of nitrogens with two attached hydrogens (primary N) is 1. The van der Waals surface area contributed by atoms with E-state index < -0.39 is 0 Å². The molecule has 2 aromatic rings. The number of aromatic nitrogens is 4. The number of amides is 1. The van der Waals surface area contributed by atoms with Gasteiger partial charge in [-0.3, -0.25) is 9.48 Å². The molecule has 108 valence electrons. The zero-order valence-corrected chi connectivity index (χ0v) is 12.0. The zero-order chi connectivity index (χ0) is 14.4. The van der Waals surface area contributed by atoms with Gasteiger partial charge < -0.3 is 16.4 Å². The number of nitrogen functional groups attached to an aromatic ring is 1. The first-order chi connectivity index (χ1) is 9.70. The first-order valence-corrected chi connectivity index (χ1v) is 7.14. The number of carbonyl (C=O) groups excluding carboxylic acids is 1. The molecule has 2 aromatic heterocycles. The van der Waals surface area contributed by atoms with E-state index in [0.29, 0.717) is 23.1 Å². The molecule has 0 atom stereocenters. The van der Waals surface area contributed by atoms with E-state index in [9.17, 15) is 4.79 Å². The van der Waals surface area contributed by atoms with Crippen LogP contribution in [0.5, 0.6) is 0 Å². The molecule has 8 nitrogen and oxygen atoms in total. The fraction of sp³-hybridized carbons (Fsp3) is 0.455. The largest absolute Gasteiger partial charge is 0.382 e.